The van der Waals surface area contributed by atoms with Crippen LogP contribution in [0.3, 0.4) is 0 Å². The number of aryl methyl sites for hydroxylation is 1. The number of rotatable bonds is 6. The van der Waals surface area contributed by atoms with Crippen LogP contribution in [-0.2, 0) is 4.79 Å². The number of benzene rings is 3. The van der Waals surface area contributed by atoms with E-state index in [4.69, 9.17) is 16.3 Å². The lowest BCUT2D eigenvalue weighted by Gasteiger charge is -2.14. The molecule has 6 nitrogen and oxygen atoms in total. The minimum atomic E-state index is -0.237. The lowest BCUT2D eigenvalue weighted by Crippen LogP contribution is -2.23. The predicted molar refractivity (Wildman–Crippen MR) is 129 cm³/mol. The molecular formula is C24H20ClN3O3S. The molecule has 8 heteroatoms. The van der Waals surface area contributed by atoms with Gasteiger partial charge in [0, 0.05) is 5.02 Å². The van der Waals surface area contributed by atoms with E-state index >= 15 is 0 Å². The molecule has 32 heavy (non-hydrogen) atoms. The van der Waals surface area contributed by atoms with E-state index in [-0.39, 0.29) is 17.2 Å². The quantitative estimate of drug-likeness (QED) is 0.317. The summed E-state index contributed by atoms with van der Waals surface area (Å²) in [6.07, 6.45) is 0. The molecule has 0 aliphatic heterocycles. The Morgan fingerprint density at radius 2 is 1.94 bits per heavy atom. The van der Waals surface area contributed by atoms with E-state index in [2.05, 4.69) is 10.3 Å². The Morgan fingerprint density at radius 1 is 1.12 bits per heavy atom. The molecule has 1 heterocycles. The lowest BCUT2D eigenvalue weighted by molar-refractivity contribution is -0.113. The van der Waals surface area contributed by atoms with Crippen LogP contribution in [0.2, 0.25) is 5.02 Å². The number of anilines is 1. The molecule has 0 radical (unpaired) electrons. The van der Waals surface area contributed by atoms with Crippen LogP contribution in [0, 0.1) is 6.92 Å². The van der Waals surface area contributed by atoms with Gasteiger partial charge in [-0.3, -0.25) is 14.2 Å². The summed E-state index contributed by atoms with van der Waals surface area (Å²) in [4.78, 5) is 30.6. The first-order valence-corrected chi connectivity index (χ1v) is 11.2. The van der Waals surface area contributed by atoms with E-state index in [0.29, 0.717) is 38.2 Å². The maximum absolute atomic E-state index is 13.3. The van der Waals surface area contributed by atoms with Gasteiger partial charge in [-0.25, -0.2) is 4.98 Å². The second kappa shape index (κ2) is 9.46. The molecule has 0 spiro atoms. The fourth-order valence-corrected chi connectivity index (χ4v) is 4.29. The van der Waals surface area contributed by atoms with Gasteiger partial charge < -0.3 is 10.1 Å². The molecule has 4 aromatic rings. The summed E-state index contributed by atoms with van der Waals surface area (Å²) in [5.41, 5.74) is 2.53. The molecule has 0 aliphatic carbocycles. The van der Waals surface area contributed by atoms with Crippen LogP contribution in [0.15, 0.2) is 76.7 Å². The second-order valence-corrected chi connectivity index (χ2v) is 8.45. The molecule has 4 rings (SSSR count). The van der Waals surface area contributed by atoms with Crippen LogP contribution >= 0.6 is 23.4 Å². The summed E-state index contributed by atoms with van der Waals surface area (Å²) in [6, 6.07) is 19.7. The molecule has 1 N–H and O–H groups in total. The van der Waals surface area contributed by atoms with Gasteiger partial charge in [0.25, 0.3) is 5.56 Å². The van der Waals surface area contributed by atoms with Gasteiger partial charge in [0.2, 0.25) is 5.91 Å². The van der Waals surface area contributed by atoms with Crippen molar-refractivity contribution in [1.29, 1.82) is 0 Å². The van der Waals surface area contributed by atoms with Crippen molar-refractivity contribution >= 4 is 45.9 Å². The first-order chi connectivity index (χ1) is 15.5. The average Bonchev–Trinajstić information content (AvgIpc) is 2.78. The van der Waals surface area contributed by atoms with Gasteiger partial charge in [-0.2, -0.15) is 0 Å². The SMILES string of the molecule is COc1ccc(C)cc1NC(=O)CSc1nc2ccccc2c(=O)n1-c1cccc(Cl)c1. The zero-order chi connectivity index (χ0) is 22.7. The van der Waals surface area contributed by atoms with E-state index in [1.807, 2.05) is 25.1 Å². The van der Waals surface area contributed by atoms with Gasteiger partial charge in [-0.15, -0.1) is 0 Å². The van der Waals surface area contributed by atoms with Gasteiger partial charge in [-0.05, 0) is 55.0 Å². The van der Waals surface area contributed by atoms with Gasteiger partial charge >= 0.3 is 0 Å². The summed E-state index contributed by atoms with van der Waals surface area (Å²) in [6.45, 7) is 1.94. The number of hydrogen-bond acceptors (Lipinski definition) is 5. The Balaban J connectivity index is 1.67. The summed E-state index contributed by atoms with van der Waals surface area (Å²) in [5.74, 6) is 0.398. The minimum absolute atomic E-state index is 0.0580. The number of thioether (sulfide) groups is 1. The monoisotopic (exact) mass is 465 g/mol. The third kappa shape index (κ3) is 4.64. The maximum Gasteiger partial charge on any atom is 0.266 e. The number of nitrogens with one attached hydrogen (secondary N) is 1. The number of methoxy groups -OCH3 is 1. The highest BCUT2D eigenvalue weighted by Crippen LogP contribution is 2.27. The molecule has 0 fully saturated rings. The summed E-state index contributed by atoms with van der Waals surface area (Å²) in [5, 5.41) is 4.27. The van der Waals surface area contributed by atoms with Crippen LogP contribution in [0.4, 0.5) is 5.69 Å². The Labute approximate surface area is 194 Å². The molecule has 0 bridgehead atoms. The van der Waals surface area contributed by atoms with Gasteiger partial charge in [0.1, 0.15) is 5.75 Å². The number of aromatic nitrogens is 2. The van der Waals surface area contributed by atoms with E-state index < -0.39 is 0 Å². The van der Waals surface area contributed by atoms with Crippen LogP contribution < -0.4 is 15.6 Å². The molecule has 0 aliphatic rings. The topological polar surface area (TPSA) is 73.2 Å². The van der Waals surface area contributed by atoms with E-state index in [9.17, 15) is 9.59 Å². The number of amides is 1. The highest BCUT2D eigenvalue weighted by molar-refractivity contribution is 7.99. The first kappa shape index (κ1) is 21.9. The molecule has 3 aromatic carbocycles. The zero-order valence-corrected chi connectivity index (χ0v) is 19.0. The third-order valence-electron chi connectivity index (χ3n) is 4.77. The van der Waals surface area contributed by atoms with Crippen molar-refractivity contribution < 1.29 is 9.53 Å². The lowest BCUT2D eigenvalue weighted by atomic mass is 10.2. The zero-order valence-electron chi connectivity index (χ0n) is 17.5. The number of hydrogen-bond donors (Lipinski definition) is 1. The minimum Gasteiger partial charge on any atom is -0.495 e. The van der Waals surface area contributed by atoms with Crippen molar-refractivity contribution in [2.75, 3.05) is 18.2 Å². The van der Waals surface area contributed by atoms with Crippen molar-refractivity contribution in [2.24, 2.45) is 0 Å². The van der Waals surface area contributed by atoms with Crippen molar-refractivity contribution in [1.82, 2.24) is 9.55 Å². The summed E-state index contributed by atoms with van der Waals surface area (Å²) >= 11 is 7.34. The molecule has 1 aromatic heterocycles. The molecule has 0 saturated heterocycles. The normalized spacial score (nSPS) is 10.8. The van der Waals surface area contributed by atoms with Crippen molar-refractivity contribution in [2.45, 2.75) is 12.1 Å². The summed E-state index contributed by atoms with van der Waals surface area (Å²) in [7, 11) is 1.55. The Hall–Kier alpha value is -3.29. The van der Waals surface area contributed by atoms with Crippen molar-refractivity contribution in [3.05, 3.63) is 87.7 Å². The van der Waals surface area contributed by atoms with E-state index in [0.717, 1.165) is 5.56 Å². The van der Waals surface area contributed by atoms with Gasteiger partial charge in [-0.1, -0.05) is 47.6 Å². The van der Waals surface area contributed by atoms with Gasteiger partial charge in [0.15, 0.2) is 5.16 Å². The predicted octanol–water partition coefficient (Wildman–Crippen LogP) is 5.09. The second-order valence-electron chi connectivity index (χ2n) is 7.07. The number of carbonyl (C=O) groups excluding carboxylic acids is 1. The number of para-hydroxylation sites is 1. The van der Waals surface area contributed by atoms with Gasteiger partial charge in [0.05, 0.1) is 35.1 Å². The van der Waals surface area contributed by atoms with Crippen LogP contribution in [0.1, 0.15) is 5.56 Å². The fraction of sp³-hybridized carbons (Fsp3) is 0.125. The fourth-order valence-electron chi connectivity index (χ4n) is 3.29. The van der Waals surface area contributed by atoms with E-state index in [1.165, 1.54) is 16.3 Å². The van der Waals surface area contributed by atoms with Crippen LogP contribution in [-0.4, -0.2) is 28.3 Å². The van der Waals surface area contributed by atoms with Crippen LogP contribution in [0.25, 0.3) is 16.6 Å². The standard InChI is InChI=1S/C24H20ClN3O3S/c1-15-10-11-21(31-2)20(12-15)26-22(29)14-32-24-27-19-9-4-3-8-18(19)23(30)28(24)17-7-5-6-16(25)13-17/h3-13H,14H2,1-2H3,(H,26,29). The highest BCUT2D eigenvalue weighted by Gasteiger charge is 2.16. The number of halogens is 1. The Bertz CT molecular complexity index is 1370. The van der Waals surface area contributed by atoms with Crippen LogP contribution in [0.5, 0.6) is 5.75 Å². The summed E-state index contributed by atoms with van der Waals surface area (Å²) < 4.78 is 6.81. The smallest absolute Gasteiger partial charge is 0.266 e. The highest BCUT2D eigenvalue weighted by atomic mass is 35.5. The molecule has 0 atom stereocenters. The van der Waals surface area contributed by atoms with Crippen molar-refractivity contribution in [3.63, 3.8) is 0 Å². The third-order valence-corrected chi connectivity index (χ3v) is 5.95. The average molecular weight is 466 g/mol. The number of nitrogens with zero attached hydrogens (tertiary/aromatic N) is 2. The molecular weight excluding hydrogens is 446 g/mol. The Kier molecular flexibility index (Phi) is 6.48. The maximum atomic E-state index is 13.3. The van der Waals surface area contributed by atoms with Crippen molar-refractivity contribution in [3.8, 4) is 11.4 Å². The molecule has 162 valence electrons. The van der Waals surface area contributed by atoms with E-state index in [1.54, 1.807) is 55.6 Å². The largest absolute Gasteiger partial charge is 0.495 e. The molecule has 1 amide bonds. The number of fused-ring (bicyclic) bond motifs is 1. The molecule has 0 unspecified atom stereocenters. The number of carbonyl (C=O) groups is 1. The number of ether oxygens (including phenoxy) is 1. The molecule has 0 saturated carbocycles. The first-order valence-electron chi connectivity index (χ1n) is 9.81. The Morgan fingerprint density at radius 3 is 2.72 bits per heavy atom.